The first-order valence-electron chi connectivity index (χ1n) is 11.2. The summed E-state index contributed by atoms with van der Waals surface area (Å²) in [6, 6.07) is 9.23. The highest BCUT2D eigenvalue weighted by molar-refractivity contribution is 5.79. The Morgan fingerprint density at radius 2 is 1.86 bits per heavy atom. The van der Waals surface area contributed by atoms with E-state index in [1.54, 1.807) is 0 Å². The Labute approximate surface area is 176 Å². The number of piperidine rings is 1. The van der Waals surface area contributed by atoms with Gasteiger partial charge in [0.15, 0.2) is 5.96 Å². The Morgan fingerprint density at radius 1 is 1.14 bits per heavy atom. The third kappa shape index (κ3) is 7.28. The summed E-state index contributed by atoms with van der Waals surface area (Å²) in [6.45, 7) is 13.7. The highest BCUT2D eigenvalue weighted by Gasteiger charge is 2.21. The average Bonchev–Trinajstić information content (AvgIpc) is 2.74. The molecule has 1 atom stereocenters. The summed E-state index contributed by atoms with van der Waals surface area (Å²) in [7, 11) is 1.87. The van der Waals surface area contributed by atoms with Gasteiger partial charge in [-0.3, -0.25) is 14.8 Å². The third-order valence-electron chi connectivity index (χ3n) is 6.10. The largest absolute Gasteiger partial charge is 0.379 e. The van der Waals surface area contributed by atoms with Crippen LogP contribution in [0.1, 0.15) is 30.9 Å². The fraction of sp³-hybridized carbons (Fsp3) is 0.696. The van der Waals surface area contributed by atoms with E-state index < -0.39 is 0 Å². The maximum Gasteiger partial charge on any atom is 0.191 e. The van der Waals surface area contributed by atoms with E-state index in [1.807, 2.05) is 7.05 Å². The van der Waals surface area contributed by atoms with E-state index in [4.69, 9.17) is 4.74 Å². The Morgan fingerprint density at radius 3 is 2.55 bits per heavy atom. The normalized spacial score (nSPS) is 21.1. The molecular formula is C23H39N5O. The van der Waals surface area contributed by atoms with E-state index >= 15 is 0 Å². The monoisotopic (exact) mass is 401 g/mol. The zero-order valence-corrected chi connectivity index (χ0v) is 18.5. The number of rotatable bonds is 7. The minimum Gasteiger partial charge on any atom is -0.379 e. The number of hydrogen-bond donors (Lipinski definition) is 2. The molecule has 0 bridgehead atoms. The number of aryl methyl sites for hydroxylation is 1. The van der Waals surface area contributed by atoms with Gasteiger partial charge >= 0.3 is 0 Å². The van der Waals surface area contributed by atoms with E-state index in [-0.39, 0.29) is 0 Å². The lowest BCUT2D eigenvalue weighted by molar-refractivity contribution is 0.0320. The van der Waals surface area contributed by atoms with Gasteiger partial charge in [-0.2, -0.15) is 0 Å². The summed E-state index contributed by atoms with van der Waals surface area (Å²) in [4.78, 5) is 9.51. The highest BCUT2D eigenvalue weighted by atomic mass is 16.5. The standard InChI is InChI=1S/C23H39N5O/c1-19(17-28-12-14-29-15-13-28)16-25-23(24-3)26-22-8-10-27(11-9-22)18-21-7-5-4-6-20(21)2/h4-7,19,22H,8-18H2,1-3H3,(H2,24,25,26). The summed E-state index contributed by atoms with van der Waals surface area (Å²) in [5.74, 6) is 1.53. The SMILES string of the molecule is CN=C(NCC(C)CN1CCOCC1)NC1CCN(Cc2ccccc2C)CC1. The molecule has 6 nitrogen and oxygen atoms in total. The molecule has 0 aromatic heterocycles. The Bertz CT molecular complexity index is 636. The molecule has 0 amide bonds. The van der Waals surface area contributed by atoms with Crippen molar-refractivity contribution in [3.05, 3.63) is 35.4 Å². The minimum absolute atomic E-state index is 0.504. The van der Waals surface area contributed by atoms with Crippen molar-refractivity contribution in [2.24, 2.45) is 10.9 Å². The van der Waals surface area contributed by atoms with Crippen LogP contribution in [0.3, 0.4) is 0 Å². The van der Waals surface area contributed by atoms with Gasteiger partial charge in [0.1, 0.15) is 0 Å². The summed E-state index contributed by atoms with van der Waals surface area (Å²) in [5.41, 5.74) is 2.84. The van der Waals surface area contributed by atoms with Crippen molar-refractivity contribution < 1.29 is 4.74 Å². The highest BCUT2D eigenvalue weighted by Crippen LogP contribution is 2.16. The summed E-state index contributed by atoms with van der Waals surface area (Å²) in [5, 5.41) is 7.17. The number of aliphatic imine (C=N–C) groups is 1. The van der Waals surface area contributed by atoms with Gasteiger partial charge in [0.2, 0.25) is 0 Å². The zero-order valence-electron chi connectivity index (χ0n) is 18.5. The van der Waals surface area contributed by atoms with Gasteiger partial charge in [0.05, 0.1) is 13.2 Å². The van der Waals surface area contributed by atoms with E-state index in [2.05, 4.69) is 63.5 Å². The lowest BCUT2D eigenvalue weighted by atomic mass is 10.0. The number of morpholine rings is 1. The summed E-state index contributed by atoms with van der Waals surface area (Å²) >= 11 is 0. The number of likely N-dealkylation sites (tertiary alicyclic amines) is 1. The van der Waals surface area contributed by atoms with Gasteiger partial charge in [-0.15, -0.1) is 0 Å². The van der Waals surface area contributed by atoms with Crippen LogP contribution in [0.4, 0.5) is 0 Å². The van der Waals surface area contributed by atoms with Crippen LogP contribution in [0, 0.1) is 12.8 Å². The maximum absolute atomic E-state index is 5.44. The van der Waals surface area contributed by atoms with E-state index in [0.29, 0.717) is 12.0 Å². The van der Waals surface area contributed by atoms with Crippen molar-refractivity contribution in [1.82, 2.24) is 20.4 Å². The fourth-order valence-corrected chi connectivity index (χ4v) is 4.21. The van der Waals surface area contributed by atoms with Crippen LogP contribution in [-0.2, 0) is 11.3 Å². The van der Waals surface area contributed by atoms with Crippen LogP contribution in [0.2, 0.25) is 0 Å². The molecule has 0 spiro atoms. The molecule has 0 saturated carbocycles. The molecule has 0 aliphatic carbocycles. The Hall–Kier alpha value is -1.63. The van der Waals surface area contributed by atoms with Crippen molar-refractivity contribution in [1.29, 1.82) is 0 Å². The van der Waals surface area contributed by atoms with Crippen LogP contribution < -0.4 is 10.6 Å². The number of nitrogens with zero attached hydrogens (tertiary/aromatic N) is 3. The molecule has 1 aromatic carbocycles. The number of ether oxygens (including phenoxy) is 1. The summed E-state index contributed by atoms with van der Waals surface area (Å²) in [6.07, 6.45) is 2.33. The maximum atomic E-state index is 5.44. The van der Waals surface area contributed by atoms with Crippen LogP contribution in [-0.4, -0.2) is 81.3 Å². The van der Waals surface area contributed by atoms with Gasteiger partial charge in [0, 0.05) is 58.9 Å². The van der Waals surface area contributed by atoms with Gasteiger partial charge < -0.3 is 15.4 Å². The molecule has 162 valence electrons. The Kier molecular flexibility index (Phi) is 8.77. The molecule has 0 radical (unpaired) electrons. The molecule has 2 aliphatic rings. The van der Waals surface area contributed by atoms with Crippen molar-refractivity contribution in [2.75, 3.05) is 59.5 Å². The molecule has 1 aromatic rings. The number of hydrogen-bond acceptors (Lipinski definition) is 4. The van der Waals surface area contributed by atoms with E-state index in [1.165, 1.54) is 11.1 Å². The molecule has 2 saturated heterocycles. The quantitative estimate of drug-likeness (QED) is 0.541. The van der Waals surface area contributed by atoms with Crippen LogP contribution in [0.15, 0.2) is 29.3 Å². The first kappa shape index (κ1) is 22.1. The van der Waals surface area contributed by atoms with Crippen LogP contribution in [0.5, 0.6) is 0 Å². The number of nitrogens with one attached hydrogen (secondary N) is 2. The number of benzene rings is 1. The molecule has 6 heteroatoms. The fourth-order valence-electron chi connectivity index (χ4n) is 4.21. The number of guanidine groups is 1. The van der Waals surface area contributed by atoms with Crippen LogP contribution >= 0.6 is 0 Å². The second-order valence-corrected chi connectivity index (χ2v) is 8.59. The summed E-state index contributed by atoms with van der Waals surface area (Å²) < 4.78 is 5.44. The second-order valence-electron chi connectivity index (χ2n) is 8.59. The first-order chi connectivity index (χ1) is 14.1. The smallest absolute Gasteiger partial charge is 0.191 e. The first-order valence-corrected chi connectivity index (χ1v) is 11.2. The average molecular weight is 402 g/mol. The van der Waals surface area contributed by atoms with Crippen molar-refractivity contribution in [2.45, 2.75) is 39.3 Å². The molecule has 2 N–H and O–H groups in total. The van der Waals surface area contributed by atoms with Gasteiger partial charge in [0.25, 0.3) is 0 Å². The molecule has 2 fully saturated rings. The van der Waals surface area contributed by atoms with Crippen molar-refractivity contribution in [3.63, 3.8) is 0 Å². The predicted molar refractivity (Wildman–Crippen MR) is 120 cm³/mol. The molecule has 29 heavy (non-hydrogen) atoms. The molecular weight excluding hydrogens is 362 g/mol. The minimum atomic E-state index is 0.504. The van der Waals surface area contributed by atoms with E-state index in [9.17, 15) is 0 Å². The predicted octanol–water partition coefficient (Wildman–Crippen LogP) is 2.09. The molecule has 1 unspecified atom stereocenters. The Balaban J connectivity index is 1.35. The van der Waals surface area contributed by atoms with Gasteiger partial charge in [-0.05, 0) is 36.8 Å². The topological polar surface area (TPSA) is 52.1 Å². The molecule has 3 rings (SSSR count). The second kappa shape index (κ2) is 11.5. The lowest BCUT2D eigenvalue weighted by Gasteiger charge is -2.33. The van der Waals surface area contributed by atoms with Gasteiger partial charge in [-0.25, -0.2) is 0 Å². The van der Waals surface area contributed by atoms with Gasteiger partial charge in [-0.1, -0.05) is 31.2 Å². The van der Waals surface area contributed by atoms with Crippen molar-refractivity contribution in [3.8, 4) is 0 Å². The van der Waals surface area contributed by atoms with E-state index in [0.717, 1.165) is 77.8 Å². The molecule has 2 aliphatic heterocycles. The zero-order chi connectivity index (χ0) is 20.5. The van der Waals surface area contributed by atoms with Crippen LogP contribution in [0.25, 0.3) is 0 Å². The molecule has 2 heterocycles. The third-order valence-corrected chi connectivity index (χ3v) is 6.10. The van der Waals surface area contributed by atoms with Crippen molar-refractivity contribution >= 4 is 5.96 Å². The lowest BCUT2D eigenvalue weighted by Crippen LogP contribution is -2.49.